The Hall–Kier alpha value is -3.85. The molecule has 1 N–H and O–H groups in total. The van der Waals surface area contributed by atoms with Crippen LogP contribution in [0.1, 0.15) is 42.3 Å². The van der Waals surface area contributed by atoms with Crippen LogP contribution in [0, 0.1) is 5.41 Å². The Kier molecular flexibility index (Phi) is 6.43. The number of benzene rings is 3. The topological polar surface area (TPSA) is 97.4 Å². The molecule has 1 aliphatic rings. The van der Waals surface area contributed by atoms with Crippen LogP contribution in [0.2, 0.25) is 0 Å². The van der Waals surface area contributed by atoms with Gasteiger partial charge >= 0.3 is 0 Å². The van der Waals surface area contributed by atoms with E-state index in [2.05, 4.69) is 0 Å². The third-order valence-corrected chi connectivity index (χ3v) is 8.05. The summed E-state index contributed by atoms with van der Waals surface area (Å²) >= 11 is 0. The first-order valence-electron chi connectivity index (χ1n) is 12.5. The molecule has 38 heavy (non-hydrogen) atoms. The first kappa shape index (κ1) is 25.8. The number of nitrogens with zero attached hydrogens (tertiary/aromatic N) is 3. The molecule has 0 atom stereocenters. The maximum Gasteiger partial charge on any atom is 0.232 e. The second-order valence-corrected chi connectivity index (χ2v) is 12.6. The first-order chi connectivity index (χ1) is 17.9. The van der Waals surface area contributed by atoms with E-state index in [0.717, 1.165) is 28.4 Å². The van der Waals surface area contributed by atoms with Gasteiger partial charge in [-0.15, -0.1) is 0 Å². The van der Waals surface area contributed by atoms with Crippen molar-refractivity contribution < 1.29 is 17.9 Å². The van der Waals surface area contributed by atoms with Crippen molar-refractivity contribution in [1.29, 1.82) is 5.41 Å². The lowest BCUT2D eigenvalue weighted by Gasteiger charge is -2.34. The van der Waals surface area contributed by atoms with E-state index < -0.39 is 10.0 Å². The van der Waals surface area contributed by atoms with Crippen molar-refractivity contribution in [3.8, 4) is 5.75 Å². The third kappa shape index (κ3) is 4.74. The van der Waals surface area contributed by atoms with E-state index in [-0.39, 0.29) is 36.5 Å². The van der Waals surface area contributed by atoms with Crippen LogP contribution in [0.25, 0.3) is 11.0 Å². The summed E-state index contributed by atoms with van der Waals surface area (Å²) in [6, 6.07) is 21.0. The van der Waals surface area contributed by atoms with Gasteiger partial charge < -0.3 is 13.9 Å². The number of ketones is 1. The highest BCUT2D eigenvalue weighted by molar-refractivity contribution is 7.92. The lowest BCUT2D eigenvalue weighted by molar-refractivity contribution is 0.0971. The lowest BCUT2D eigenvalue weighted by Crippen LogP contribution is -2.38. The largest absolute Gasteiger partial charge is 0.489 e. The second-order valence-electron chi connectivity index (χ2n) is 10.7. The number of carbonyl (C=O) groups is 1. The molecule has 5 rings (SSSR count). The highest BCUT2D eigenvalue weighted by atomic mass is 32.2. The van der Waals surface area contributed by atoms with Gasteiger partial charge in [0.1, 0.15) is 12.4 Å². The fraction of sp³-hybridized carbons (Fsp3) is 0.310. The number of carbonyl (C=O) groups excluding carboxylic acids is 1. The molecule has 3 aromatic carbocycles. The van der Waals surface area contributed by atoms with E-state index in [9.17, 15) is 13.2 Å². The molecular weight excluding hydrogens is 500 g/mol. The molecule has 1 aromatic heterocycles. The van der Waals surface area contributed by atoms with Gasteiger partial charge in [0, 0.05) is 11.1 Å². The van der Waals surface area contributed by atoms with Crippen LogP contribution in [-0.2, 0) is 28.5 Å². The average molecular weight is 533 g/mol. The van der Waals surface area contributed by atoms with Gasteiger partial charge in [-0.05, 0) is 35.2 Å². The van der Waals surface area contributed by atoms with Gasteiger partial charge in [-0.2, -0.15) is 0 Å². The monoisotopic (exact) mass is 532 g/mol. The fourth-order valence-corrected chi connectivity index (χ4v) is 5.88. The molecular formula is C29H32N4O4S. The molecule has 8 nitrogen and oxygen atoms in total. The molecule has 0 saturated heterocycles. The van der Waals surface area contributed by atoms with Crippen molar-refractivity contribution in [3.05, 3.63) is 89.0 Å². The van der Waals surface area contributed by atoms with Crippen molar-refractivity contribution >= 4 is 32.5 Å². The van der Waals surface area contributed by atoms with Crippen LogP contribution >= 0.6 is 0 Å². The first-order valence-corrected chi connectivity index (χ1v) is 14.4. The number of anilines is 1. The van der Waals surface area contributed by atoms with Gasteiger partial charge in [-0.3, -0.25) is 14.5 Å². The molecule has 2 heterocycles. The maximum absolute atomic E-state index is 13.8. The number of hydrogen-bond acceptors (Lipinski definition) is 5. The molecule has 0 fully saturated rings. The Morgan fingerprint density at radius 2 is 1.61 bits per heavy atom. The highest BCUT2D eigenvalue weighted by Gasteiger charge is 2.32. The Morgan fingerprint density at radius 3 is 2.24 bits per heavy atom. The summed E-state index contributed by atoms with van der Waals surface area (Å²) in [4.78, 5) is 13.8. The molecule has 4 aromatic rings. The number of hydrogen-bond donors (Lipinski definition) is 1. The highest BCUT2D eigenvalue weighted by Crippen LogP contribution is 2.43. The van der Waals surface area contributed by atoms with E-state index in [4.69, 9.17) is 10.1 Å². The summed E-state index contributed by atoms with van der Waals surface area (Å²) < 4.78 is 36.0. The van der Waals surface area contributed by atoms with Crippen molar-refractivity contribution in [2.24, 2.45) is 0 Å². The molecule has 0 amide bonds. The molecule has 0 spiro atoms. The number of nitrogens with one attached hydrogen (secondary N) is 1. The van der Waals surface area contributed by atoms with Gasteiger partial charge in [0.25, 0.3) is 0 Å². The summed E-state index contributed by atoms with van der Waals surface area (Å²) in [6.45, 7) is 6.91. The summed E-state index contributed by atoms with van der Waals surface area (Å²) in [5.74, 6) is 0.289. The summed E-state index contributed by atoms with van der Waals surface area (Å²) in [6.07, 6.45) is 1.16. The number of fused-ring (bicyclic) bond motifs is 2. The van der Waals surface area contributed by atoms with E-state index in [1.165, 1.54) is 4.31 Å². The van der Waals surface area contributed by atoms with Gasteiger partial charge in [0.05, 0.1) is 42.6 Å². The summed E-state index contributed by atoms with van der Waals surface area (Å²) in [7, 11) is -3.56. The number of rotatable bonds is 6. The minimum absolute atomic E-state index is 0.0523. The Bertz CT molecular complexity index is 1700. The predicted octanol–water partition coefficient (Wildman–Crippen LogP) is 4.31. The Balaban J connectivity index is 1.60. The number of aromatic nitrogens is 2. The second kappa shape index (κ2) is 9.47. The standard InChI is InChI=1S/C29H32N4O4S/c1-29(2,3)22-16-21(17-25-27(22)37-15-14-33(25)38(4,35)36)26(34)19-32-24-13-9-8-12-23(24)31(28(32)30)18-20-10-6-5-7-11-20/h5-13,16-17,30H,14-15,18-19H2,1-4H3. The number of ether oxygens (including phenoxy) is 1. The Morgan fingerprint density at radius 1 is 0.974 bits per heavy atom. The van der Waals surface area contributed by atoms with Gasteiger partial charge in [-0.25, -0.2) is 8.42 Å². The van der Waals surface area contributed by atoms with Crippen LogP contribution in [-0.4, -0.2) is 42.7 Å². The van der Waals surface area contributed by atoms with E-state index in [1.54, 1.807) is 16.7 Å². The van der Waals surface area contributed by atoms with E-state index in [0.29, 0.717) is 23.5 Å². The van der Waals surface area contributed by atoms with Crippen molar-refractivity contribution in [3.63, 3.8) is 0 Å². The molecule has 0 bridgehead atoms. The SMILES string of the molecule is CC(C)(C)c1cc(C(=O)Cn2c(=N)n(Cc3ccccc3)c3ccccc32)cc2c1OCCN2S(C)(=O)=O. The molecule has 0 unspecified atom stereocenters. The number of imidazole rings is 1. The van der Waals surface area contributed by atoms with Gasteiger partial charge in [-0.1, -0.05) is 63.2 Å². The van der Waals surface area contributed by atoms with Crippen LogP contribution in [0.5, 0.6) is 5.75 Å². The third-order valence-electron chi connectivity index (χ3n) is 6.87. The molecule has 0 saturated carbocycles. The number of Topliss-reactive ketones (excluding diaryl/α,β-unsaturated/α-hetero) is 1. The molecule has 9 heteroatoms. The zero-order valence-electron chi connectivity index (χ0n) is 22.1. The predicted molar refractivity (Wildman–Crippen MR) is 148 cm³/mol. The van der Waals surface area contributed by atoms with Gasteiger partial charge in [0.2, 0.25) is 15.6 Å². The van der Waals surface area contributed by atoms with Crippen molar-refractivity contribution in [2.45, 2.75) is 39.3 Å². The molecule has 0 radical (unpaired) electrons. The quantitative estimate of drug-likeness (QED) is 0.374. The van der Waals surface area contributed by atoms with Crippen molar-refractivity contribution in [1.82, 2.24) is 9.13 Å². The van der Waals surface area contributed by atoms with Crippen LogP contribution in [0.3, 0.4) is 0 Å². The van der Waals surface area contributed by atoms with E-state index >= 15 is 0 Å². The Labute approximate surface area is 222 Å². The fourth-order valence-electron chi connectivity index (χ4n) is 4.98. The summed E-state index contributed by atoms with van der Waals surface area (Å²) in [5, 5.41) is 8.95. The number of sulfonamides is 1. The average Bonchev–Trinajstić information content (AvgIpc) is 3.13. The normalized spacial score (nSPS) is 13.8. The van der Waals surface area contributed by atoms with Crippen LogP contribution < -0.4 is 14.7 Å². The smallest absolute Gasteiger partial charge is 0.232 e. The van der Waals surface area contributed by atoms with Crippen LogP contribution in [0.4, 0.5) is 5.69 Å². The molecule has 1 aliphatic heterocycles. The molecule has 198 valence electrons. The van der Waals surface area contributed by atoms with Gasteiger partial charge in [0.15, 0.2) is 5.78 Å². The zero-order valence-corrected chi connectivity index (χ0v) is 22.9. The summed E-state index contributed by atoms with van der Waals surface area (Å²) in [5.41, 5.74) is 4.10. The zero-order chi connectivity index (χ0) is 27.2. The molecule has 0 aliphatic carbocycles. The van der Waals surface area contributed by atoms with E-state index in [1.807, 2.05) is 79.9 Å². The number of para-hydroxylation sites is 2. The minimum atomic E-state index is -3.56. The van der Waals surface area contributed by atoms with Crippen LogP contribution in [0.15, 0.2) is 66.7 Å². The minimum Gasteiger partial charge on any atom is -0.489 e. The lowest BCUT2D eigenvalue weighted by atomic mass is 9.84. The maximum atomic E-state index is 13.8. The van der Waals surface area contributed by atoms with Crippen molar-refractivity contribution in [2.75, 3.05) is 23.7 Å².